The van der Waals surface area contributed by atoms with E-state index in [-0.39, 0.29) is 13.0 Å². The lowest BCUT2D eigenvalue weighted by Crippen LogP contribution is -2.64. The molecular formula is C46H45ClO6. The minimum absolute atomic E-state index is 0.239. The SMILES string of the molecule is CCOc1ccc(Cc2cc(C#C[C@]34C(O)C[C@@H](C3O)[C@H](OCc3ccccc3)[C@H](OCc3ccccc3)[C@@H]4OCc3ccccc3)ccc2Cl)cc1. The maximum absolute atomic E-state index is 12.3. The van der Waals surface area contributed by atoms with Crippen molar-refractivity contribution in [1.82, 2.24) is 0 Å². The number of halogens is 1. The van der Waals surface area contributed by atoms with Gasteiger partial charge in [0.2, 0.25) is 0 Å². The van der Waals surface area contributed by atoms with E-state index in [0.717, 1.165) is 39.1 Å². The van der Waals surface area contributed by atoms with Crippen LogP contribution in [0, 0.1) is 23.2 Å². The average Bonchev–Trinajstić information content (AvgIpc) is 3.38. The molecule has 2 aliphatic carbocycles. The molecular weight excluding hydrogens is 684 g/mol. The van der Waals surface area contributed by atoms with Gasteiger partial charge in [0.1, 0.15) is 23.4 Å². The number of hydrogen-bond acceptors (Lipinski definition) is 6. The topological polar surface area (TPSA) is 77.4 Å². The third kappa shape index (κ3) is 8.37. The van der Waals surface area contributed by atoms with Crippen LogP contribution in [0.15, 0.2) is 133 Å². The van der Waals surface area contributed by atoms with Gasteiger partial charge in [0.25, 0.3) is 0 Å². The van der Waals surface area contributed by atoms with Crippen molar-refractivity contribution < 1.29 is 29.2 Å². The van der Waals surface area contributed by atoms with E-state index in [2.05, 4.69) is 11.8 Å². The summed E-state index contributed by atoms with van der Waals surface area (Å²) in [7, 11) is 0. The zero-order valence-corrected chi connectivity index (χ0v) is 30.6. The van der Waals surface area contributed by atoms with Crippen LogP contribution in [0.4, 0.5) is 0 Å². The molecule has 0 saturated heterocycles. The van der Waals surface area contributed by atoms with Gasteiger partial charge in [0.15, 0.2) is 0 Å². The number of aliphatic hydroxyl groups is 2. The van der Waals surface area contributed by atoms with E-state index in [9.17, 15) is 10.2 Å². The van der Waals surface area contributed by atoms with Gasteiger partial charge in [-0.25, -0.2) is 0 Å². The Hall–Kier alpha value is -4.45. The Morgan fingerprint density at radius 3 is 1.83 bits per heavy atom. The molecule has 2 bridgehead atoms. The van der Waals surface area contributed by atoms with E-state index in [1.165, 1.54) is 0 Å². The zero-order chi connectivity index (χ0) is 36.6. The predicted octanol–water partition coefficient (Wildman–Crippen LogP) is 8.18. The van der Waals surface area contributed by atoms with Gasteiger partial charge in [-0.2, -0.15) is 0 Å². The molecule has 53 heavy (non-hydrogen) atoms. The Morgan fingerprint density at radius 1 is 0.679 bits per heavy atom. The highest BCUT2D eigenvalue weighted by Gasteiger charge is 2.68. The zero-order valence-electron chi connectivity index (χ0n) is 29.8. The molecule has 0 radical (unpaired) electrons. The number of ether oxygens (including phenoxy) is 4. The van der Waals surface area contributed by atoms with Crippen LogP contribution < -0.4 is 4.74 Å². The maximum atomic E-state index is 12.3. The molecule has 0 heterocycles. The number of rotatable bonds is 13. The summed E-state index contributed by atoms with van der Waals surface area (Å²) in [5.41, 5.74) is 4.33. The molecule has 0 aliphatic heterocycles. The predicted molar refractivity (Wildman–Crippen MR) is 206 cm³/mol. The first-order valence-corrected chi connectivity index (χ1v) is 18.7. The van der Waals surface area contributed by atoms with Gasteiger partial charge in [-0.15, -0.1) is 0 Å². The lowest BCUT2D eigenvalue weighted by molar-refractivity contribution is -0.239. The molecule has 5 aromatic carbocycles. The first-order chi connectivity index (χ1) is 25.9. The Morgan fingerprint density at radius 2 is 1.25 bits per heavy atom. The molecule has 2 N–H and O–H groups in total. The van der Waals surface area contributed by atoms with Crippen LogP contribution in [0.2, 0.25) is 5.02 Å². The molecule has 0 amide bonds. The summed E-state index contributed by atoms with van der Waals surface area (Å²) >= 11 is 6.70. The fourth-order valence-electron chi connectivity index (χ4n) is 7.71. The van der Waals surface area contributed by atoms with E-state index < -0.39 is 41.9 Å². The summed E-state index contributed by atoms with van der Waals surface area (Å²) < 4.78 is 25.9. The maximum Gasteiger partial charge on any atom is 0.119 e. The Labute approximate surface area is 317 Å². The van der Waals surface area contributed by atoms with Gasteiger partial charge in [0.05, 0.1) is 44.7 Å². The van der Waals surface area contributed by atoms with Crippen LogP contribution >= 0.6 is 11.6 Å². The second-order valence-corrected chi connectivity index (χ2v) is 14.2. The van der Waals surface area contributed by atoms with Crippen molar-refractivity contribution in [3.63, 3.8) is 0 Å². The van der Waals surface area contributed by atoms with Gasteiger partial charge in [-0.05, 0) is 77.9 Å². The third-order valence-corrected chi connectivity index (χ3v) is 10.8. The summed E-state index contributed by atoms with van der Waals surface area (Å²) in [5, 5.41) is 25.0. The molecule has 2 fully saturated rings. The van der Waals surface area contributed by atoms with Crippen molar-refractivity contribution in [3.8, 4) is 17.6 Å². The van der Waals surface area contributed by atoms with Gasteiger partial charge >= 0.3 is 0 Å². The normalized spacial score (nSPS) is 24.7. The molecule has 7 atom stereocenters. The van der Waals surface area contributed by atoms with Crippen molar-refractivity contribution in [2.45, 2.75) is 70.1 Å². The Bertz CT molecular complexity index is 1980. The third-order valence-electron chi connectivity index (χ3n) is 10.4. The number of hydrogen-bond donors (Lipinski definition) is 2. The van der Waals surface area contributed by atoms with Gasteiger partial charge in [-0.3, -0.25) is 0 Å². The van der Waals surface area contributed by atoms with Crippen LogP contribution in [-0.2, 0) is 40.5 Å². The average molecular weight is 729 g/mol. The largest absolute Gasteiger partial charge is 0.494 e. The molecule has 0 aromatic heterocycles. The number of benzene rings is 5. The van der Waals surface area contributed by atoms with Gasteiger partial charge in [-0.1, -0.05) is 127 Å². The molecule has 272 valence electrons. The Kier molecular flexibility index (Phi) is 11.9. The van der Waals surface area contributed by atoms with Crippen molar-refractivity contribution in [1.29, 1.82) is 0 Å². The highest BCUT2D eigenvalue weighted by atomic mass is 35.5. The van der Waals surface area contributed by atoms with Crippen molar-refractivity contribution in [2.75, 3.05) is 6.61 Å². The highest BCUT2D eigenvalue weighted by Crippen LogP contribution is 2.54. The van der Waals surface area contributed by atoms with Crippen LogP contribution in [-0.4, -0.2) is 47.3 Å². The lowest BCUT2D eigenvalue weighted by atomic mass is 9.67. The Balaban J connectivity index is 1.25. The first kappa shape index (κ1) is 36.9. The van der Waals surface area contributed by atoms with Gasteiger partial charge < -0.3 is 29.2 Å². The summed E-state index contributed by atoms with van der Waals surface area (Å²) in [6, 6.07) is 43.5. The molecule has 2 aliphatic rings. The van der Waals surface area contributed by atoms with E-state index in [0.29, 0.717) is 31.3 Å². The van der Waals surface area contributed by atoms with Crippen molar-refractivity contribution in [2.24, 2.45) is 11.3 Å². The van der Waals surface area contributed by atoms with E-state index in [1.807, 2.05) is 140 Å². The monoisotopic (exact) mass is 728 g/mol. The minimum Gasteiger partial charge on any atom is -0.494 e. The number of aliphatic hydroxyl groups excluding tert-OH is 2. The molecule has 7 rings (SSSR count). The molecule has 6 nitrogen and oxygen atoms in total. The van der Waals surface area contributed by atoms with Gasteiger partial charge in [0, 0.05) is 16.5 Å². The summed E-state index contributed by atoms with van der Waals surface area (Å²) in [6.07, 6.45) is -3.20. The molecule has 7 heteroatoms. The van der Waals surface area contributed by atoms with E-state index >= 15 is 0 Å². The fourth-order valence-corrected chi connectivity index (χ4v) is 7.89. The summed E-state index contributed by atoms with van der Waals surface area (Å²) in [5.74, 6) is 7.14. The highest BCUT2D eigenvalue weighted by molar-refractivity contribution is 6.31. The summed E-state index contributed by atoms with van der Waals surface area (Å²) in [6.45, 7) is 3.43. The second kappa shape index (κ2) is 17.1. The lowest BCUT2D eigenvalue weighted by Gasteiger charge is -2.49. The number of fused-ring (bicyclic) bond motifs is 2. The quantitative estimate of drug-likeness (QED) is 0.119. The molecule has 0 spiro atoms. The van der Waals surface area contributed by atoms with Crippen LogP contribution in [0.3, 0.4) is 0 Å². The van der Waals surface area contributed by atoms with Crippen LogP contribution in [0.5, 0.6) is 5.75 Å². The smallest absolute Gasteiger partial charge is 0.119 e. The van der Waals surface area contributed by atoms with E-state index in [4.69, 9.17) is 30.5 Å². The molecule has 2 saturated carbocycles. The fraction of sp³-hybridized carbons (Fsp3) is 0.304. The van der Waals surface area contributed by atoms with Crippen molar-refractivity contribution in [3.05, 3.63) is 172 Å². The molecule has 2 unspecified atom stereocenters. The molecule has 5 aromatic rings. The first-order valence-electron chi connectivity index (χ1n) is 18.3. The van der Waals surface area contributed by atoms with Crippen molar-refractivity contribution >= 4 is 11.6 Å². The standard InChI is InChI=1S/C46H45ClO6/c1-2-50-38-21-18-32(19-22-38)26-37-27-33(20-23-40(37)47)24-25-46-41(48)28-39(44(46)49)42(51-29-34-12-6-3-7-13-34)43(52-30-35-14-8-4-9-15-35)45(46)53-31-36-16-10-5-11-17-36/h3-23,27,39,41-45,48-49H,2,26,28-31H2,1H3/t39-,41?,42+,43+,44?,45+,46+/m1/s1. The minimum atomic E-state index is -1.36. The summed E-state index contributed by atoms with van der Waals surface area (Å²) in [4.78, 5) is 0. The second-order valence-electron chi connectivity index (χ2n) is 13.8. The van der Waals surface area contributed by atoms with Crippen LogP contribution in [0.1, 0.15) is 46.7 Å². The van der Waals surface area contributed by atoms with E-state index in [1.54, 1.807) is 0 Å². The van der Waals surface area contributed by atoms with Crippen LogP contribution in [0.25, 0.3) is 0 Å².